The van der Waals surface area contributed by atoms with Gasteiger partial charge in [-0.1, -0.05) is 6.92 Å². The minimum absolute atomic E-state index is 0.0307. The number of halogens is 2. The van der Waals surface area contributed by atoms with E-state index in [1.807, 2.05) is 6.92 Å². The van der Waals surface area contributed by atoms with Crippen LogP contribution in [0.4, 0.5) is 4.39 Å². The molecule has 0 saturated heterocycles. The Hall–Kier alpha value is -0.700. The van der Waals surface area contributed by atoms with Gasteiger partial charge in [0.15, 0.2) is 0 Å². The van der Waals surface area contributed by atoms with Crippen LogP contribution in [0, 0.1) is 5.95 Å². The molecule has 10 heavy (non-hydrogen) atoms. The summed E-state index contributed by atoms with van der Waals surface area (Å²) in [5, 5.41) is -0.0307. The fourth-order valence-corrected chi connectivity index (χ4v) is 0.804. The fourth-order valence-electron chi connectivity index (χ4n) is 0.615. The summed E-state index contributed by atoms with van der Waals surface area (Å²) in [5.74, 6) is -0.572. The number of hydrogen-bond donors (Lipinski definition) is 0. The summed E-state index contributed by atoms with van der Waals surface area (Å²) in [6.07, 6.45) is 0.666. The van der Waals surface area contributed by atoms with Crippen molar-refractivity contribution in [2.75, 3.05) is 0 Å². The number of hydrogen-bond acceptors (Lipinski definition) is 2. The fraction of sp³-hybridized carbons (Fsp3) is 0.333. The molecule has 2 nitrogen and oxygen atoms in total. The van der Waals surface area contributed by atoms with E-state index < -0.39 is 5.95 Å². The molecule has 0 bridgehead atoms. The van der Waals surface area contributed by atoms with Crippen LogP contribution in [0.3, 0.4) is 0 Å². The summed E-state index contributed by atoms with van der Waals surface area (Å²) in [4.78, 5) is 7.04. The van der Waals surface area contributed by atoms with E-state index in [-0.39, 0.29) is 5.28 Å². The van der Waals surface area contributed by atoms with Crippen LogP contribution < -0.4 is 0 Å². The highest BCUT2D eigenvalue weighted by atomic mass is 35.5. The minimum Gasteiger partial charge on any atom is -0.223 e. The van der Waals surface area contributed by atoms with Gasteiger partial charge >= 0.3 is 0 Å². The smallest absolute Gasteiger partial charge is 0.223 e. The Bertz CT molecular complexity index is 219. The van der Waals surface area contributed by atoms with E-state index in [2.05, 4.69) is 9.97 Å². The average Bonchev–Trinajstić information content (AvgIpc) is 1.85. The first-order chi connectivity index (χ1) is 4.72. The quantitative estimate of drug-likeness (QED) is 0.463. The largest absolute Gasteiger partial charge is 0.225 e. The van der Waals surface area contributed by atoms with Gasteiger partial charge in [-0.3, -0.25) is 0 Å². The molecule has 1 aromatic rings. The third kappa shape index (κ3) is 1.64. The second kappa shape index (κ2) is 2.92. The Kier molecular flexibility index (Phi) is 2.17. The Balaban J connectivity index is 3.06. The van der Waals surface area contributed by atoms with Gasteiger partial charge in [0.1, 0.15) is 0 Å². The van der Waals surface area contributed by atoms with Crippen molar-refractivity contribution < 1.29 is 4.39 Å². The topological polar surface area (TPSA) is 25.8 Å². The lowest BCUT2D eigenvalue weighted by molar-refractivity contribution is 0.576. The van der Waals surface area contributed by atoms with Gasteiger partial charge < -0.3 is 0 Å². The summed E-state index contributed by atoms with van der Waals surface area (Å²) in [7, 11) is 0. The van der Waals surface area contributed by atoms with Gasteiger partial charge in [0.2, 0.25) is 11.2 Å². The van der Waals surface area contributed by atoms with Crippen molar-refractivity contribution in [3.63, 3.8) is 0 Å². The molecule has 0 atom stereocenters. The molecule has 1 rings (SSSR count). The molecule has 0 aliphatic heterocycles. The van der Waals surface area contributed by atoms with Crippen LogP contribution in [0.25, 0.3) is 0 Å². The normalized spacial score (nSPS) is 9.90. The molecule has 0 amide bonds. The molecule has 0 spiro atoms. The molecular weight excluding hydrogens is 155 g/mol. The number of nitrogens with zero attached hydrogens (tertiary/aromatic N) is 2. The van der Waals surface area contributed by atoms with Gasteiger partial charge in [0, 0.05) is 11.8 Å². The highest BCUT2D eigenvalue weighted by Crippen LogP contribution is 2.04. The summed E-state index contributed by atoms with van der Waals surface area (Å²) in [6, 6.07) is 1.27. The molecule has 0 aliphatic carbocycles. The number of aryl methyl sites for hydroxylation is 1. The van der Waals surface area contributed by atoms with Gasteiger partial charge in [-0.05, 0) is 18.0 Å². The Morgan fingerprint density at radius 3 is 2.80 bits per heavy atom. The molecule has 1 heterocycles. The van der Waals surface area contributed by atoms with Crippen LogP contribution in [0.5, 0.6) is 0 Å². The van der Waals surface area contributed by atoms with Crippen LogP contribution in [0.15, 0.2) is 6.07 Å². The zero-order valence-corrected chi connectivity index (χ0v) is 6.19. The van der Waals surface area contributed by atoms with Crippen LogP contribution in [0.1, 0.15) is 12.6 Å². The Morgan fingerprint density at radius 1 is 1.60 bits per heavy atom. The van der Waals surface area contributed by atoms with Crippen molar-refractivity contribution in [2.24, 2.45) is 0 Å². The molecule has 1 aromatic heterocycles. The first kappa shape index (κ1) is 7.41. The number of aromatic nitrogens is 2. The molecule has 0 unspecified atom stereocenters. The first-order valence-electron chi connectivity index (χ1n) is 2.91. The van der Waals surface area contributed by atoms with Crippen molar-refractivity contribution >= 4 is 11.6 Å². The van der Waals surface area contributed by atoms with Gasteiger partial charge in [0.25, 0.3) is 0 Å². The molecule has 4 heteroatoms. The Labute approximate surface area is 63.1 Å². The maximum Gasteiger partial charge on any atom is 0.225 e. The lowest BCUT2D eigenvalue weighted by Gasteiger charge is -1.94. The van der Waals surface area contributed by atoms with Crippen LogP contribution >= 0.6 is 11.6 Å². The summed E-state index contributed by atoms with van der Waals surface area (Å²) < 4.78 is 12.4. The zero-order chi connectivity index (χ0) is 7.56. The summed E-state index contributed by atoms with van der Waals surface area (Å²) in [6.45, 7) is 1.87. The maximum atomic E-state index is 12.4. The van der Waals surface area contributed by atoms with Gasteiger partial charge in [-0.2, -0.15) is 9.37 Å². The lowest BCUT2D eigenvalue weighted by Crippen LogP contribution is -1.93. The van der Waals surface area contributed by atoms with E-state index in [1.54, 1.807) is 0 Å². The minimum atomic E-state index is -0.572. The van der Waals surface area contributed by atoms with Crippen molar-refractivity contribution in [3.8, 4) is 0 Å². The van der Waals surface area contributed by atoms with E-state index in [1.165, 1.54) is 6.07 Å². The van der Waals surface area contributed by atoms with Crippen molar-refractivity contribution in [1.29, 1.82) is 0 Å². The second-order valence-corrected chi connectivity index (χ2v) is 2.14. The lowest BCUT2D eigenvalue weighted by atomic mass is 10.3. The van der Waals surface area contributed by atoms with Gasteiger partial charge in [0.05, 0.1) is 0 Å². The van der Waals surface area contributed by atoms with Crippen molar-refractivity contribution in [1.82, 2.24) is 9.97 Å². The van der Waals surface area contributed by atoms with Crippen molar-refractivity contribution in [3.05, 3.63) is 23.0 Å². The SMILES string of the molecule is CCc1cc(F)nc(Cl)n1. The van der Waals surface area contributed by atoms with E-state index >= 15 is 0 Å². The molecule has 54 valence electrons. The summed E-state index contributed by atoms with van der Waals surface area (Å²) >= 11 is 5.37. The van der Waals surface area contributed by atoms with Gasteiger partial charge in [-0.15, -0.1) is 0 Å². The van der Waals surface area contributed by atoms with E-state index in [9.17, 15) is 4.39 Å². The monoisotopic (exact) mass is 160 g/mol. The maximum absolute atomic E-state index is 12.4. The van der Waals surface area contributed by atoms with E-state index in [4.69, 9.17) is 11.6 Å². The predicted octanol–water partition coefficient (Wildman–Crippen LogP) is 1.83. The molecule has 0 N–H and O–H groups in total. The molecule has 0 fully saturated rings. The number of rotatable bonds is 1. The first-order valence-corrected chi connectivity index (χ1v) is 3.29. The van der Waals surface area contributed by atoms with Crippen LogP contribution in [-0.4, -0.2) is 9.97 Å². The highest BCUT2D eigenvalue weighted by Gasteiger charge is 1.98. The van der Waals surface area contributed by atoms with Gasteiger partial charge in [-0.25, -0.2) is 4.98 Å². The zero-order valence-electron chi connectivity index (χ0n) is 5.43. The third-order valence-electron chi connectivity index (χ3n) is 1.08. The summed E-state index contributed by atoms with van der Waals surface area (Å²) in [5.41, 5.74) is 0.623. The van der Waals surface area contributed by atoms with Crippen LogP contribution in [0.2, 0.25) is 5.28 Å². The third-order valence-corrected chi connectivity index (χ3v) is 1.25. The van der Waals surface area contributed by atoms with Crippen molar-refractivity contribution in [2.45, 2.75) is 13.3 Å². The average molecular weight is 161 g/mol. The molecule has 0 aliphatic rings. The predicted molar refractivity (Wildman–Crippen MR) is 36.4 cm³/mol. The standard InChI is InChI=1S/C6H6ClFN2/c1-2-4-3-5(8)10-6(7)9-4/h3H,2H2,1H3. The Morgan fingerprint density at radius 2 is 2.30 bits per heavy atom. The molecule has 0 aromatic carbocycles. The van der Waals surface area contributed by atoms with E-state index in [0.717, 1.165) is 0 Å². The van der Waals surface area contributed by atoms with E-state index in [0.29, 0.717) is 12.1 Å². The second-order valence-electron chi connectivity index (χ2n) is 1.80. The molecule has 0 radical (unpaired) electrons. The van der Waals surface area contributed by atoms with Crippen LogP contribution in [-0.2, 0) is 6.42 Å². The highest BCUT2D eigenvalue weighted by molar-refractivity contribution is 6.28. The molecular formula is C6H6ClFN2. The molecule has 0 saturated carbocycles.